The number of rotatable bonds is 0. The van der Waals surface area contributed by atoms with Gasteiger partial charge in [0.05, 0.1) is 6.10 Å². The van der Waals surface area contributed by atoms with Gasteiger partial charge in [0.15, 0.2) is 0 Å². The monoisotopic (exact) mass is 140 g/mol. The first-order chi connectivity index (χ1) is 4.88. The summed E-state index contributed by atoms with van der Waals surface area (Å²) < 4.78 is 0. The maximum Gasteiger partial charge on any atom is 0.0571 e. The average Bonchev–Trinajstić information content (AvgIpc) is 2.34. The summed E-state index contributed by atoms with van der Waals surface area (Å²) in [7, 11) is 0. The minimum absolute atomic E-state index is 0.0605. The molecule has 2 rings (SSSR count). The van der Waals surface area contributed by atoms with Crippen molar-refractivity contribution >= 4 is 0 Å². The summed E-state index contributed by atoms with van der Waals surface area (Å²) >= 11 is 0. The second-order valence-corrected chi connectivity index (χ2v) is 3.85. The highest BCUT2D eigenvalue weighted by atomic mass is 16.3. The molecule has 2 saturated carbocycles. The third-order valence-electron chi connectivity index (χ3n) is 3.30. The molecule has 2 aliphatic rings. The molecule has 0 saturated heterocycles. The quantitative estimate of drug-likeness (QED) is 0.545. The van der Waals surface area contributed by atoms with Gasteiger partial charge in [-0.1, -0.05) is 19.3 Å². The van der Waals surface area contributed by atoms with Crippen LogP contribution in [0.3, 0.4) is 0 Å². The number of hydrogen-bond donors (Lipinski definition) is 1. The van der Waals surface area contributed by atoms with Gasteiger partial charge in [-0.15, -0.1) is 0 Å². The summed E-state index contributed by atoms with van der Waals surface area (Å²) in [6.07, 6.45) is 7.89. The standard InChI is InChI=1S/C9H16O/c10-9-6-5-7-3-1-2-4-8(7)9/h7-10H,1-6H2/t7-,8+,9+/m0/s1. The predicted octanol–water partition coefficient (Wildman–Crippen LogP) is 1.95. The lowest BCUT2D eigenvalue weighted by molar-refractivity contribution is 0.0963. The zero-order chi connectivity index (χ0) is 6.97. The minimum atomic E-state index is 0.0605. The van der Waals surface area contributed by atoms with Crippen molar-refractivity contribution < 1.29 is 5.11 Å². The fourth-order valence-corrected chi connectivity index (χ4v) is 2.70. The second kappa shape index (κ2) is 2.54. The fourth-order valence-electron chi connectivity index (χ4n) is 2.70. The maximum absolute atomic E-state index is 9.52. The normalized spacial score (nSPS) is 47.1. The van der Waals surface area contributed by atoms with E-state index in [1.807, 2.05) is 0 Å². The van der Waals surface area contributed by atoms with Crippen LogP contribution in [-0.2, 0) is 0 Å². The molecule has 0 aromatic carbocycles. The van der Waals surface area contributed by atoms with E-state index in [0.29, 0.717) is 5.92 Å². The van der Waals surface area contributed by atoms with Crippen LogP contribution in [0.2, 0.25) is 0 Å². The van der Waals surface area contributed by atoms with E-state index in [-0.39, 0.29) is 6.10 Å². The van der Waals surface area contributed by atoms with Gasteiger partial charge in [-0.2, -0.15) is 0 Å². The Hall–Kier alpha value is -0.0400. The lowest BCUT2D eigenvalue weighted by atomic mass is 9.81. The van der Waals surface area contributed by atoms with Crippen LogP contribution in [0, 0.1) is 11.8 Å². The lowest BCUT2D eigenvalue weighted by Gasteiger charge is -2.26. The van der Waals surface area contributed by atoms with Gasteiger partial charge in [-0.3, -0.25) is 0 Å². The molecule has 0 unspecified atom stereocenters. The van der Waals surface area contributed by atoms with Gasteiger partial charge in [0.25, 0.3) is 0 Å². The average molecular weight is 140 g/mol. The second-order valence-electron chi connectivity index (χ2n) is 3.85. The minimum Gasteiger partial charge on any atom is -0.393 e. The molecule has 0 aromatic heterocycles. The zero-order valence-electron chi connectivity index (χ0n) is 6.42. The van der Waals surface area contributed by atoms with Gasteiger partial charge in [-0.25, -0.2) is 0 Å². The maximum atomic E-state index is 9.52. The van der Waals surface area contributed by atoms with Gasteiger partial charge >= 0.3 is 0 Å². The van der Waals surface area contributed by atoms with E-state index >= 15 is 0 Å². The van der Waals surface area contributed by atoms with Crippen LogP contribution in [0.4, 0.5) is 0 Å². The first-order valence-corrected chi connectivity index (χ1v) is 4.56. The summed E-state index contributed by atoms with van der Waals surface area (Å²) in [4.78, 5) is 0. The molecule has 0 radical (unpaired) electrons. The molecule has 0 bridgehead atoms. The van der Waals surface area contributed by atoms with Crippen molar-refractivity contribution in [2.45, 2.75) is 44.6 Å². The summed E-state index contributed by atoms with van der Waals surface area (Å²) in [5.74, 6) is 1.58. The third-order valence-corrected chi connectivity index (χ3v) is 3.30. The van der Waals surface area contributed by atoms with Gasteiger partial charge in [-0.05, 0) is 31.1 Å². The van der Waals surface area contributed by atoms with Crippen LogP contribution in [0.15, 0.2) is 0 Å². The van der Waals surface area contributed by atoms with E-state index in [9.17, 15) is 5.11 Å². The van der Waals surface area contributed by atoms with Crippen molar-refractivity contribution in [3.05, 3.63) is 0 Å². The Morgan fingerprint density at radius 2 is 1.70 bits per heavy atom. The Kier molecular flexibility index (Phi) is 1.69. The van der Waals surface area contributed by atoms with Crippen molar-refractivity contribution in [2.24, 2.45) is 11.8 Å². The number of aliphatic hydroxyl groups excluding tert-OH is 1. The Morgan fingerprint density at radius 3 is 2.50 bits per heavy atom. The molecule has 0 heterocycles. The van der Waals surface area contributed by atoms with E-state index in [2.05, 4.69) is 0 Å². The Labute approximate surface area is 62.4 Å². The Bertz CT molecular complexity index is 120. The van der Waals surface area contributed by atoms with Crippen molar-refractivity contribution in [3.8, 4) is 0 Å². The lowest BCUT2D eigenvalue weighted by Crippen LogP contribution is -2.22. The number of fused-ring (bicyclic) bond motifs is 1. The first kappa shape index (κ1) is 6.66. The van der Waals surface area contributed by atoms with Crippen molar-refractivity contribution in [1.82, 2.24) is 0 Å². The molecular formula is C9H16O. The van der Waals surface area contributed by atoms with Gasteiger partial charge in [0, 0.05) is 0 Å². The van der Waals surface area contributed by atoms with E-state index in [0.717, 1.165) is 12.3 Å². The first-order valence-electron chi connectivity index (χ1n) is 4.56. The Balaban J connectivity index is 2.01. The highest BCUT2D eigenvalue weighted by Gasteiger charge is 2.35. The van der Waals surface area contributed by atoms with Crippen LogP contribution >= 0.6 is 0 Å². The van der Waals surface area contributed by atoms with Crippen molar-refractivity contribution in [3.63, 3.8) is 0 Å². The molecule has 0 aromatic rings. The topological polar surface area (TPSA) is 20.2 Å². The van der Waals surface area contributed by atoms with Gasteiger partial charge < -0.3 is 5.11 Å². The van der Waals surface area contributed by atoms with Crippen molar-refractivity contribution in [2.75, 3.05) is 0 Å². The molecule has 1 N–H and O–H groups in total. The Morgan fingerprint density at radius 1 is 0.900 bits per heavy atom. The molecule has 1 nitrogen and oxygen atoms in total. The zero-order valence-corrected chi connectivity index (χ0v) is 6.42. The molecule has 0 amide bonds. The van der Waals surface area contributed by atoms with E-state index in [1.165, 1.54) is 32.1 Å². The van der Waals surface area contributed by atoms with E-state index in [4.69, 9.17) is 0 Å². The number of hydrogen-bond acceptors (Lipinski definition) is 1. The summed E-state index contributed by atoms with van der Waals surface area (Å²) in [5.41, 5.74) is 0. The van der Waals surface area contributed by atoms with Crippen LogP contribution in [0.1, 0.15) is 38.5 Å². The van der Waals surface area contributed by atoms with Crippen LogP contribution in [0.5, 0.6) is 0 Å². The fraction of sp³-hybridized carbons (Fsp3) is 1.00. The molecule has 10 heavy (non-hydrogen) atoms. The van der Waals surface area contributed by atoms with Crippen LogP contribution in [-0.4, -0.2) is 11.2 Å². The molecule has 2 aliphatic carbocycles. The van der Waals surface area contributed by atoms with Gasteiger partial charge in [0.2, 0.25) is 0 Å². The molecule has 3 atom stereocenters. The predicted molar refractivity (Wildman–Crippen MR) is 40.7 cm³/mol. The molecule has 2 fully saturated rings. The summed E-state index contributed by atoms with van der Waals surface area (Å²) in [5, 5.41) is 9.52. The molecule has 0 spiro atoms. The molecule has 0 aliphatic heterocycles. The largest absolute Gasteiger partial charge is 0.393 e. The molecule has 58 valence electrons. The SMILES string of the molecule is O[C@@H]1CC[C@@H]2CCCC[C@H]21. The molecule has 1 heteroatoms. The van der Waals surface area contributed by atoms with Gasteiger partial charge in [0.1, 0.15) is 0 Å². The summed E-state index contributed by atoms with van der Waals surface area (Å²) in [6, 6.07) is 0. The highest BCUT2D eigenvalue weighted by Crippen LogP contribution is 2.41. The summed E-state index contributed by atoms with van der Waals surface area (Å²) in [6.45, 7) is 0. The van der Waals surface area contributed by atoms with E-state index in [1.54, 1.807) is 0 Å². The highest BCUT2D eigenvalue weighted by molar-refractivity contribution is 4.86. The van der Waals surface area contributed by atoms with E-state index < -0.39 is 0 Å². The van der Waals surface area contributed by atoms with Crippen LogP contribution < -0.4 is 0 Å². The van der Waals surface area contributed by atoms with Crippen molar-refractivity contribution in [1.29, 1.82) is 0 Å². The smallest absolute Gasteiger partial charge is 0.0571 e. The third kappa shape index (κ3) is 0.968. The number of aliphatic hydroxyl groups is 1. The van der Waals surface area contributed by atoms with Crippen LogP contribution in [0.25, 0.3) is 0 Å². The molecular weight excluding hydrogens is 124 g/mol.